The van der Waals surface area contributed by atoms with Crippen molar-refractivity contribution in [2.75, 3.05) is 31.7 Å². The van der Waals surface area contributed by atoms with Crippen molar-refractivity contribution in [3.05, 3.63) is 11.3 Å². The average Bonchev–Trinajstić information content (AvgIpc) is 2.55. The smallest absolute Gasteiger partial charge is 0.149 e. The number of aromatic nitrogens is 2. The molecular formula is C10H17N5OS. The largest absolute Gasteiger partial charge is 0.389 e. The van der Waals surface area contributed by atoms with Gasteiger partial charge in [0.2, 0.25) is 0 Å². The summed E-state index contributed by atoms with van der Waals surface area (Å²) in [7, 11) is 1.87. The van der Waals surface area contributed by atoms with E-state index >= 15 is 0 Å². The summed E-state index contributed by atoms with van der Waals surface area (Å²) >= 11 is 5.06. The number of hydrogen-bond donors (Lipinski definition) is 2. The molecule has 1 aromatic rings. The third-order valence-corrected chi connectivity index (χ3v) is 2.95. The first-order valence-corrected chi connectivity index (χ1v) is 5.93. The van der Waals surface area contributed by atoms with Crippen LogP contribution in [0.4, 0.5) is 5.82 Å². The molecule has 0 radical (unpaired) electrons. The zero-order valence-corrected chi connectivity index (χ0v) is 10.9. The molecule has 0 bridgehead atoms. The van der Waals surface area contributed by atoms with Crippen molar-refractivity contribution in [3.63, 3.8) is 0 Å². The Morgan fingerprint density at radius 1 is 1.47 bits per heavy atom. The summed E-state index contributed by atoms with van der Waals surface area (Å²) in [4.78, 5) is 0.367. The number of thiocarbonyl (C=S) groups is 1. The molecule has 0 unspecified atom stereocenters. The van der Waals surface area contributed by atoms with Gasteiger partial charge in [-0.2, -0.15) is 5.10 Å². The van der Waals surface area contributed by atoms with Crippen molar-refractivity contribution < 1.29 is 4.74 Å². The van der Waals surface area contributed by atoms with E-state index in [0.717, 1.165) is 43.4 Å². The molecule has 0 saturated carbocycles. The summed E-state index contributed by atoms with van der Waals surface area (Å²) < 4.78 is 7.06. The SMILES string of the molecule is Cc1nn(C)c(NN2CCOCC2)c1C(N)=S. The van der Waals surface area contributed by atoms with Crippen LogP contribution in [0.25, 0.3) is 0 Å². The third kappa shape index (κ3) is 2.56. The molecule has 0 atom stereocenters. The lowest BCUT2D eigenvalue weighted by Crippen LogP contribution is -2.41. The highest BCUT2D eigenvalue weighted by atomic mass is 32.1. The molecule has 1 aliphatic rings. The topological polar surface area (TPSA) is 68.3 Å². The lowest BCUT2D eigenvalue weighted by atomic mass is 10.2. The van der Waals surface area contributed by atoms with Gasteiger partial charge in [0, 0.05) is 20.1 Å². The van der Waals surface area contributed by atoms with Gasteiger partial charge in [-0.25, -0.2) is 5.01 Å². The van der Waals surface area contributed by atoms with Gasteiger partial charge in [0.15, 0.2) is 0 Å². The van der Waals surface area contributed by atoms with Gasteiger partial charge in [-0.05, 0) is 6.92 Å². The Morgan fingerprint density at radius 2 is 2.12 bits per heavy atom. The van der Waals surface area contributed by atoms with Crippen LogP contribution < -0.4 is 11.2 Å². The second-order valence-corrected chi connectivity index (χ2v) is 4.45. The number of rotatable bonds is 3. The van der Waals surface area contributed by atoms with E-state index in [0.29, 0.717) is 4.99 Å². The predicted molar refractivity (Wildman–Crippen MR) is 69.8 cm³/mol. The van der Waals surface area contributed by atoms with Crippen LogP contribution >= 0.6 is 12.2 Å². The minimum Gasteiger partial charge on any atom is -0.389 e. The van der Waals surface area contributed by atoms with Crippen LogP contribution in [0.1, 0.15) is 11.3 Å². The number of nitrogens with one attached hydrogen (secondary N) is 1. The van der Waals surface area contributed by atoms with Crippen LogP contribution in [0.2, 0.25) is 0 Å². The summed E-state index contributed by atoms with van der Waals surface area (Å²) in [6.07, 6.45) is 0. The van der Waals surface area contributed by atoms with Gasteiger partial charge in [0.1, 0.15) is 10.8 Å². The van der Waals surface area contributed by atoms with Crippen LogP contribution in [0.15, 0.2) is 0 Å². The van der Waals surface area contributed by atoms with Crippen molar-refractivity contribution in [3.8, 4) is 0 Å². The highest BCUT2D eigenvalue weighted by Crippen LogP contribution is 2.19. The molecule has 0 spiro atoms. The number of hydrogen-bond acceptors (Lipinski definition) is 5. The molecule has 0 amide bonds. The van der Waals surface area contributed by atoms with Gasteiger partial charge < -0.3 is 15.9 Å². The highest BCUT2D eigenvalue weighted by Gasteiger charge is 2.18. The van der Waals surface area contributed by atoms with Gasteiger partial charge >= 0.3 is 0 Å². The van der Waals surface area contributed by atoms with E-state index in [9.17, 15) is 0 Å². The van der Waals surface area contributed by atoms with Crippen LogP contribution in [-0.2, 0) is 11.8 Å². The molecule has 17 heavy (non-hydrogen) atoms. The number of ether oxygens (including phenoxy) is 1. The van der Waals surface area contributed by atoms with Crippen LogP contribution in [0, 0.1) is 6.92 Å². The maximum atomic E-state index is 5.73. The number of nitrogens with zero attached hydrogens (tertiary/aromatic N) is 3. The molecule has 2 rings (SSSR count). The fourth-order valence-electron chi connectivity index (χ4n) is 1.91. The molecule has 1 saturated heterocycles. The normalized spacial score (nSPS) is 17.1. The Kier molecular flexibility index (Phi) is 3.60. The lowest BCUT2D eigenvalue weighted by molar-refractivity contribution is 0.0493. The molecule has 94 valence electrons. The molecular weight excluding hydrogens is 238 g/mol. The first-order valence-electron chi connectivity index (χ1n) is 5.52. The standard InChI is InChI=1S/C10H17N5OS/c1-7-8(9(11)17)10(14(2)12-7)13-15-3-5-16-6-4-15/h13H,3-6H2,1-2H3,(H2,11,17). The molecule has 0 aromatic carbocycles. The Hall–Kier alpha value is -1.18. The average molecular weight is 255 g/mol. The Balaban J connectivity index is 2.21. The quantitative estimate of drug-likeness (QED) is 0.742. The first-order chi connectivity index (χ1) is 8.09. The minimum atomic E-state index is 0.367. The van der Waals surface area contributed by atoms with E-state index in [2.05, 4.69) is 15.5 Å². The van der Waals surface area contributed by atoms with Crippen molar-refractivity contribution in [2.24, 2.45) is 12.8 Å². The van der Waals surface area contributed by atoms with E-state index in [1.165, 1.54) is 0 Å². The van der Waals surface area contributed by atoms with E-state index < -0.39 is 0 Å². The number of aryl methyl sites for hydroxylation is 2. The second kappa shape index (κ2) is 4.99. The highest BCUT2D eigenvalue weighted by molar-refractivity contribution is 7.80. The van der Waals surface area contributed by atoms with Crippen LogP contribution in [0.5, 0.6) is 0 Å². The zero-order valence-electron chi connectivity index (χ0n) is 10.1. The first kappa shape index (κ1) is 12.3. The van der Waals surface area contributed by atoms with Crippen molar-refractivity contribution in [2.45, 2.75) is 6.92 Å². The Bertz CT molecular complexity index is 425. The van der Waals surface area contributed by atoms with Gasteiger partial charge in [-0.3, -0.25) is 4.68 Å². The summed E-state index contributed by atoms with van der Waals surface area (Å²) in [6.45, 7) is 5.03. The fraction of sp³-hybridized carbons (Fsp3) is 0.600. The van der Waals surface area contributed by atoms with Crippen molar-refractivity contribution in [1.82, 2.24) is 14.8 Å². The lowest BCUT2D eigenvalue weighted by Gasteiger charge is -2.28. The number of anilines is 1. The number of hydrazine groups is 1. The maximum absolute atomic E-state index is 5.73. The fourth-order valence-corrected chi connectivity index (χ4v) is 2.15. The summed E-state index contributed by atoms with van der Waals surface area (Å²) in [5, 5.41) is 6.41. The molecule has 6 nitrogen and oxygen atoms in total. The molecule has 1 aliphatic heterocycles. The minimum absolute atomic E-state index is 0.367. The van der Waals surface area contributed by atoms with Crippen molar-refractivity contribution in [1.29, 1.82) is 0 Å². The molecule has 3 N–H and O–H groups in total. The molecule has 7 heteroatoms. The maximum Gasteiger partial charge on any atom is 0.149 e. The second-order valence-electron chi connectivity index (χ2n) is 4.01. The molecule has 2 heterocycles. The van der Waals surface area contributed by atoms with E-state index in [1.807, 2.05) is 14.0 Å². The summed E-state index contributed by atoms with van der Waals surface area (Å²) in [5.41, 5.74) is 10.7. The van der Waals surface area contributed by atoms with Crippen LogP contribution in [-0.4, -0.2) is 46.1 Å². The predicted octanol–water partition coefficient (Wildman–Crippen LogP) is 0.0218. The monoisotopic (exact) mass is 255 g/mol. The van der Waals surface area contributed by atoms with E-state index in [1.54, 1.807) is 4.68 Å². The number of morpholine rings is 1. The summed E-state index contributed by atoms with van der Waals surface area (Å²) in [5.74, 6) is 0.844. The van der Waals surface area contributed by atoms with E-state index in [4.69, 9.17) is 22.7 Å². The van der Waals surface area contributed by atoms with E-state index in [-0.39, 0.29) is 0 Å². The van der Waals surface area contributed by atoms with Gasteiger partial charge in [0.25, 0.3) is 0 Å². The van der Waals surface area contributed by atoms with Gasteiger partial charge in [-0.15, -0.1) is 0 Å². The Morgan fingerprint density at radius 3 is 2.71 bits per heavy atom. The molecule has 0 aliphatic carbocycles. The summed E-state index contributed by atoms with van der Waals surface area (Å²) in [6, 6.07) is 0. The van der Waals surface area contributed by atoms with Gasteiger partial charge in [0.05, 0.1) is 24.5 Å². The van der Waals surface area contributed by atoms with Crippen molar-refractivity contribution >= 4 is 23.0 Å². The molecule has 1 fully saturated rings. The van der Waals surface area contributed by atoms with Gasteiger partial charge in [-0.1, -0.05) is 12.2 Å². The number of nitrogens with two attached hydrogens (primary N) is 1. The Labute approximate surface area is 106 Å². The molecule has 1 aromatic heterocycles. The zero-order chi connectivity index (χ0) is 12.4. The third-order valence-electron chi connectivity index (χ3n) is 2.74. The van der Waals surface area contributed by atoms with Crippen LogP contribution in [0.3, 0.4) is 0 Å².